The predicted octanol–water partition coefficient (Wildman–Crippen LogP) is 1.16. The van der Waals surface area contributed by atoms with E-state index in [1.54, 1.807) is 0 Å². The van der Waals surface area contributed by atoms with E-state index in [-0.39, 0.29) is 25.2 Å². The summed E-state index contributed by atoms with van der Waals surface area (Å²) in [7, 11) is 2.44. The van der Waals surface area contributed by atoms with Gasteiger partial charge in [-0.05, 0) is 5.56 Å². The van der Waals surface area contributed by atoms with Crippen LogP contribution in [0, 0.1) is 0 Å². The minimum Gasteiger partial charge on any atom is -0.467 e. The second-order valence-electron chi connectivity index (χ2n) is 5.48. The third-order valence-corrected chi connectivity index (χ3v) is 3.64. The van der Waals surface area contributed by atoms with E-state index in [4.69, 9.17) is 9.57 Å². The number of esters is 2. The van der Waals surface area contributed by atoms with Gasteiger partial charge in [0.05, 0.1) is 14.2 Å². The molecule has 2 atom stereocenters. The minimum atomic E-state index is -1.000. The van der Waals surface area contributed by atoms with Crippen molar-refractivity contribution < 1.29 is 33.4 Å². The number of amides is 1. The number of benzene rings is 1. The average Bonchev–Trinajstić information content (AvgIpc) is 3.14. The Morgan fingerprint density at radius 3 is 2.62 bits per heavy atom. The highest BCUT2D eigenvalue weighted by Gasteiger charge is 2.33. The number of rotatable bonds is 7. The molecule has 0 fully saturated rings. The van der Waals surface area contributed by atoms with Crippen LogP contribution in [-0.2, 0) is 35.2 Å². The first kappa shape index (κ1) is 19.2. The molecule has 1 heterocycles. The second-order valence-corrected chi connectivity index (χ2v) is 5.48. The third kappa shape index (κ3) is 5.47. The zero-order valence-corrected chi connectivity index (χ0v) is 14.5. The number of carbonyl (C=O) groups is 3. The molecule has 1 N–H and O–H groups in total. The number of oxime groups is 1. The van der Waals surface area contributed by atoms with Crippen LogP contribution < -0.4 is 5.32 Å². The van der Waals surface area contributed by atoms with Crippen molar-refractivity contribution in [1.29, 1.82) is 0 Å². The van der Waals surface area contributed by atoms with Crippen LogP contribution in [0.25, 0.3) is 0 Å². The van der Waals surface area contributed by atoms with Crippen molar-refractivity contribution in [3.05, 3.63) is 35.9 Å². The number of methoxy groups -OCH3 is 2. The van der Waals surface area contributed by atoms with Crippen molar-refractivity contribution in [1.82, 2.24) is 5.32 Å². The van der Waals surface area contributed by atoms with Crippen molar-refractivity contribution in [2.45, 2.75) is 31.6 Å². The van der Waals surface area contributed by atoms with Crippen molar-refractivity contribution in [2.24, 2.45) is 5.16 Å². The number of hydrogen-bond donors (Lipinski definition) is 1. The van der Waals surface area contributed by atoms with Gasteiger partial charge < -0.3 is 24.4 Å². The molecule has 1 aromatic rings. The standard InChI is InChI=1S/C17H20N2O7/c1-23-15(20)13(8-12-9-14(19-26-12)16(21)24-2)18-17(22)25-10-11-6-4-3-5-7-11/h3-7,12-13H,8-10H2,1-2H3,(H,18,22)/t12-,13-/m0/s1. The molecule has 1 aromatic carbocycles. The number of alkyl carbamates (subject to hydrolysis) is 1. The Labute approximate surface area is 150 Å². The molecule has 0 aromatic heterocycles. The lowest BCUT2D eigenvalue weighted by molar-refractivity contribution is -0.144. The molecule has 0 radical (unpaired) electrons. The highest BCUT2D eigenvalue weighted by Crippen LogP contribution is 2.17. The zero-order chi connectivity index (χ0) is 18.9. The first-order valence-electron chi connectivity index (χ1n) is 7.89. The maximum atomic E-state index is 12.0. The molecule has 2 rings (SSSR count). The smallest absolute Gasteiger partial charge is 0.408 e. The first-order chi connectivity index (χ1) is 12.5. The third-order valence-electron chi connectivity index (χ3n) is 3.64. The molecule has 140 valence electrons. The lowest BCUT2D eigenvalue weighted by Crippen LogP contribution is -2.44. The molecule has 1 amide bonds. The van der Waals surface area contributed by atoms with E-state index >= 15 is 0 Å². The summed E-state index contributed by atoms with van der Waals surface area (Å²) in [5.41, 5.74) is 0.931. The number of hydrogen-bond acceptors (Lipinski definition) is 8. The van der Waals surface area contributed by atoms with Crippen LogP contribution in [0.1, 0.15) is 18.4 Å². The van der Waals surface area contributed by atoms with Gasteiger partial charge in [-0.25, -0.2) is 14.4 Å². The maximum Gasteiger partial charge on any atom is 0.408 e. The van der Waals surface area contributed by atoms with E-state index in [0.29, 0.717) is 0 Å². The highest BCUT2D eigenvalue weighted by molar-refractivity contribution is 6.36. The van der Waals surface area contributed by atoms with Crippen molar-refractivity contribution in [3.8, 4) is 0 Å². The molecule has 1 aliphatic rings. The molecule has 26 heavy (non-hydrogen) atoms. The van der Waals surface area contributed by atoms with Gasteiger partial charge in [0.2, 0.25) is 0 Å². The summed E-state index contributed by atoms with van der Waals surface area (Å²) in [6, 6.07) is 8.12. The highest BCUT2D eigenvalue weighted by atomic mass is 16.6. The molecular weight excluding hydrogens is 344 g/mol. The Morgan fingerprint density at radius 2 is 1.96 bits per heavy atom. The summed E-state index contributed by atoms with van der Waals surface area (Å²) in [4.78, 5) is 40.4. The van der Waals surface area contributed by atoms with Gasteiger partial charge in [-0.1, -0.05) is 35.5 Å². The Morgan fingerprint density at radius 1 is 1.23 bits per heavy atom. The van der Waals surface area contributed by atoms with Crippen molar-refractivity contribution in [2.75, 3.05) is 14.2 Å². The monoisotopic (exact) mass is 364 g/mol. The molecular formula is C17H20N2O7. The minimum absolute atomic E-state index is 0.0656. The van der Waals surface area contributed by atoms with Gasteiger partial charge in [0.25, 0.3) is 0 Å². The van der Waals surface area contributed by atoms with Crippen molar-refractivity contribution in [3.63, 3.8) is 0 Å². The Bertz CT molecular complexity index is 675. The summed E-state index contributed by atoms with van der Waals surface area (Å²) in [6.07, 6.45) is -1.10. The number of nitrogens with one attached hydrogen (secondary N) is 1. The lowest BCUT2D eigenvalue weighted by Gasteiger charge is -2.18. The van der Waals surface area contributed by atoms with E-state index in [2.05, 4.69) is 19.9 Å². The fourth-order valence-corrected chi connectivity index (χ4v) is 2.32. The molecule has 0 spiro atoms. The predicted molar refractivity (Wildman–Crippen MR) is 89.1 cm³/mol. The van der Waals surface area contributed by atoms with Crippen LogP contribution >= 0.6 is 0 Å². The topological polar surface area (TPSA) is 113 Å². The molecule has 0 bridgehead atoms. The van der Waals surface area contributed by atoms with Crippen LogP contribution in [-0.4, -0.2) is 50.1 Å². The van der Waals surface area contributed by atoms with Gasteiger partial charge in [-0.2, -0.15) is 0 Å². The number of nitrogens with zero attached hydrogens (tertiary/aromatic N) is 1. The van der Waals surface area contributed by atoms with Crippen LogP contribution in [0.3, 0.4) is 0 Å². The molecule has 0 saturated heterocycles. The summed E-state index contributed by atoms with van der Waals surface area (Å²) >= 11 is 0. The molecule has 0 unspecified atom stereocenters. The summed E-state index contributed by atoms with van der Waals surface area (Å²) < 4.78 is 14.3. The Kier molecular flexibility index (Phi) is 6.95. The summed E-state index contributed by atoms with van der Waals surface area (Å²) in [6.45, 7) is 0.0656. The van der Waals surface area contributed by atoms with Gasteiger partial charge in [0.15, 0.2) is 5.71 Å². The lowest BCUT2D eigenvalue weighted by atomic mass is 10.0. The van der Waals surface area contributed by atoms with Crippen LogP contribution in [0.4, 0.5) is 4.79 Å². The van der Waals surface area contributed by atoms with E-state index in [9.17, 15) is 14.4 Å². The van der Waals surface area contributed by atoms with E-state index in [1.807, 2.05) is 30.3 Å². The normalized spacial score (nSPS) is 16.7. The van der Waals surface area contributed by atoms with Gasteiger partial charge in [-0.3, -0.25) is 0 Å². The second kappa shape index (κ2) is 9.40. The van der Waals surface area contributed by atoms with Crippen molar-refractivity contribution >= 4 is 23.7 Å². The number of carbonyl (C=O) groups excluding carboxylic acids is 3. The molecule has 1 aliphatic heterocycles. The summed E-state index contributed by atoms with van der Waals surface area (Å²) in [5, 5.41) is 6.07. The molecule has 0 saturated carbocycles. The van der Waals surface area contributed by atoms with Gasteiger partial charge in [-0.15, -0.1) is 0 Å². The van der Waals surface area contributed by atoms with E-state index in [0.717, 1.165) is 5.56 Å². The molecule has 0 aliphatic carbocycles. The van der Waals surface area contributed by atoms with Gasteiger partial charge in [0, 0.05) is 12.8 Å². The molecule has 9 heteroatoms. The molecule has 9 nitrogen and oxygen atoms in total. The quantitative estimate of drug-likeness (QED) is 0.571. The fraction of sp³-hybridized carbons (Fsp3) is 0.412. The van der Waals surface area contributed by atoms with Crippen LogP contribution in [0.15, 0.2) is 35.5 Å². The van der Waals surface area contributed by atoms with Crippen LogP contribution in [0.2, 0.25) is 0 Å². The fourth-order valence-electron chi connectivity index (χ4n) is 2.32. The number of ether oxygens (including phenoxy) is 3. The SMILES string of the molecule is COC(=O)C1=NO[C@@H](C[C@H](NC(=O)OCc2ccccc2)C(=O)OC)C1. The average molecular weight is 364 g/mol. The van der Waals surface area contributed by atoms with Crippen LogP contribution in [0.5, 0.6) is 0 Å². The first-order valence-corrected chi connectivity index (χ1v) is 7.89. The largest absolute Gasteiger partial charge is 0.467 e. The van der Waals surface area contributed by atoms with Gasteiger partial charge in [0.1, 0.15) is 18.8 Å². The Balaban J connectivity index is 1.86. The Hall–Kier alpha value is -3.10. The van der Waals surface area contributed by atoms with Gasteiger partial charge >= 0.3 is 18.0 Å². The van der Waals surface area contributed by atoms with E-state index < -0.39 is 30.2 Å². The summed E-state index contributed by atoms with van der Waals surface area (Å²) in [5.74, 6) is -1.26. The zero-order valence-electron chi connectivity index (χ0n) is 14.5. The van der Waals surface area contributed by atoms with E-state index in [1.165, 1.54) is 14.2 Å². The maximum absolute atomic E-state index is 12.0.